The number of nitro groups is 1. The molecule has 27 heavy (non-hydrogen) atoms. The first-order valence-electron chi connectivity index (χ1n) is 7.55. The number of aryl methyl sites for hydroxylation is 1. The second-order valence-electron chi connectivity index (χ2n) is 5.31. The minimum Gasteiger partial charge on any atom is -0.464 e. The lowest BCUT2D eigenvalue weighted by molar-refractivity contribution is -0.384. The van der Waals surface area contributed by atoms with Gasteiger partial charge in [0.25, 0.3) is 5.69 Å². The summed E-state index contributed by atoms with van der Waals surface area (Å²) in [6.45, 7) is 1.90. The highest BCUT2D eigenvalue weighted by Crippen LogP contribution is 2.26. The van der Waals surface area contributed by atoms with Crippen LogP contribution in [0.2, 0.25) is 0 Å². The molecule has 0 bridgehead atoms. The molecule has 0 radical (unpaired) electrons. The van der Waals surface area contributed by atoms with Crippen molar-refractivity contribution < 1.29 is 18.9 Å². The Morgan fingerprint density at radius 1 is 1.37 bits per heavy atom. The maximum Gasteiger partial charge on any atom is 0.343 e. The standard InChI is InChI=1S/C17H12N2O6S2/c1-10-8-26-17(18-10)27-9-13-6-14(20)15(7-24-13)25-16(21)11-2-4-12(5-3-11)19(22)23/h2-8H,9H2,1H3. The van der Waals surface area contributed by atoms with Crippen molar-refractivity contribution >= 4 is 34.8 Å². The predicted molar refractivity (Wildman–Crippen MR) is 99.4 cm³/mol. The number of thiazole rings is 1. The Morgan fingerprint density at radius 3 is 2.70 bits per heavy atom. The summed E-state index contributed by atoms with van der Waals surface area (Å²) in [5.41, 5.74) is 0.363. The Labute approximate surface area is 161 Å². The number of rotatable bonds is 6. The minimum absolute atomic E-state index is 0.0822. The van der Waals surface area contributed by atoms with Gasteiger partial charge < -0.3 is 9.15 Å². The summed E-state index contributed by atoms with van der Waals surface area (Å²) < 4.78 is 11.2. The van der Waals surface area contributed by atoms with Crippen LogP contribution < -0.4 is 10.2 Å². The van der Waals surface area contributed by atoms with E-state index in [-0.39, 0.29) is 17.0 Å². The van der Waals surface area contributed by atoms with Gasteiger partial charge in [-0.3, -0.25) is 14.9 Å². The lowest BCUT2D eigenvalue weighted by Gasteiger charge is -2.04. The molecule has 0 aliphatic heterocycles. The summed E-state index contributed by atoms with van der Waals surface area (Å²) in [6.07, 6.45) is 1.08. The molecular weight excluding hydrogens is 392 g/mol. The Hall–Kier alpha value is -2.98. The third-order valence-corrected chi connectivity index (χ3v) is 5.47. The van der Waals surface area contributed by atoms with E-state index in [0.29, 0.717) is 11.5 Å². The molecular formula is C17H12N2O6S2. The number of thioether (sulfide) groups is 1. The highest BCUT2D eigenvalue weighted by Gasteiger charge is 2.14. The molecule has 0 atom stereocenters. The van der Waals surface area contributed by atoms with Gasteiger partial charge in [-0.25, -0.2) is 9.78 Å². The summed E-state index contributed by atoms with van der Waals surface area (Å²) in [7, 11) is 0. The zero-order chi connectivity index (χ0) is 19.4. The molecule has 0 saturated heterocycles. The molecule has 0 N–H and O–H groups in total. The largest absolute Gasteiger partial charge is 0.464 e. The monoisotopic (exact) mass is 404 g/mol. The molecule has 0 saturated carbocycles. The number of hydrogen-bond acceptors (Lipinski definition) is 9. The summed E-state index contributed by atoms with van der Waals surface area (Å²) in [5.74, 6) is -0.221. The van der Waals surface area contributed by atoms with Crippen LogP contribution in [0.25, 0.3) is 0 Å². The van der Waals surface area contributed by atoms with Crippen molar-refractivity contribution in [1.82, 2.24) is 4.98 Å². The van der Waals surface area contributed by atoms with Crippen molar-refractivity contribution in [3.8, 4) is 5.75 Å². The van der Waals surface area contributed by atoms with Crippen LogP contribution in [0.1, 0.15) is 21.8 Å². The molecule has 0 aliphatic carbocycles. The predicted octanol–water partition coefficient (Wildman–Crippen LogP) is 3.82. The van der Waals surface area contributed by atoms with Crippen molar-refractivity contribution in [2.75, 3.05) is 0 Å². The summed E-state index contributed by atoms with van der Waals surface area (Å²) in [6, 6.07) is 6.12. The molecule has 8 nitrogen and oxygen atoms in total. The zero-order valence-electron chi connectivity index (χ0n) is 13.9. The molecule has 0 spiro atoms. The van der Waals surface area contributed by atoms with Gasteiger partial charge in [0, 0.05) is 29.3 Å². The fourth-order valence-corrected chi connectivity index (χ4v) is 3.74. The van der Waals surface area contributed by atoms with E-state index in [9.17, 15) is 19.7 Å². The quantitative estimate of drug-likeness (QED) is 0.264. The molecule has 0 fully saturated rings. The van der Waals surface area contributed by atoms with Gasteiger partial charge in [0.05, 0.1) is 16.2 Å². The molecule has 0 unspecified atom stereocenters. The molecule has 3 rings (SSSR count). The third kappa shape index (κ3) is 4.80. The van der Waals surface area contributed by atoms with Crippen molar-refractivity contribution in [2.45, 2.75) is 17.0 Å². The Bertz CT molecular complexity index is 1040. The number of aromatic nitrogens is 1. The highest BCUT2D eigenvalue weighted by atomic mass is 32.2. The van der Waals surface area contributed by atoms with Gasteiger partial charge in [0.2, 0.25) is 11.2 Å². The average molecular weight is 404 g/mol. The van der Waals surface area contributed by atoms with E-state index in [4.69, 9.17) is 9.15 Å². The van der Waals surface area contributed by atoms with E-state index < -0.39 is 16.3 Å². The van der Waals surface area contributed by atoms with Gasteiger partial charge in [0.1, 0.15) is 12.0 Å². The molecule has 0 aliphatic rings. The Balaban J connectivity index is 1.65. The van der Waals surface area contributed by atoms with E-state index in [0.717, 1.165) is 16.3 Å². The number of esters is 1. The zero-order valence-corrected chi connectivity index (χ0v) is 15.5. The van der Waals surface area contributed by atoms with Crippen LogP contribution in [-0.2, 0) is 5.75 Å². The first-order chi connectivity index (χ1) is 12.9. The number of carbonyl (C=O) groups is 1. The van der Waals surface area contributed by atoms with Crippen LogP contribution in [0.5, 0.6) is 5.75 Å². The van der Waals surface area contributed by atoms with Crippen LogP contribution in [0.4, 0.5) is 5.69 Å². The van der Waals surface area contributed by atoms with Crippen LogP contribution in [-0.4, -0.2) is 15.9 Å². The van der Waals surface area contributed by atoms with Crippen molar-refractivity contribution in [3.05, 3.63) is 79.3 Å². The summed E-state index contributed by atoms with van der Waals surface area (Å²) in [4.78, 5) is 38.5. The SMILES string of the molecule is Cc1csc(SCc2cc(=O)c(OC(=O)c3ccc([N+](=O)[O-])cc3)co2)n1. The molecule has 2 aromatic heterocycles. The molecule has 3 aromatic rings. The molecule has 2 heterocycles. The maximum absolute atomic E-state index is 12.1. The smallest absolute Gasteiger partial charge is 0.343 e. The lowest BCUT2D eigenvalue weighted by atomic mass is 10.2. The van der Waals surface area contributed by atoms with Crippen molar-refractivity contribution in [3.63, 3.8) is 0 Å². The van der Waals surface area contributed by atoms with Gasteiger partial charge in [-0.05, 0) is 19.1 Å². The summed E-state index contributed by atoms with van der Waals surface area (Å²) >= 11 is 2.94. The van der Waals surface area contributed by atoms with E-state index in [1.807, 2.05) is 12.3 Å². The highest BCUT2D eigenvalue weighted by molar-refractivity contribution is 8.00. The number of carbonyl (C=O) groups excluding carboxylic acids is 1. The van der Waals surface area contributed by atoms with Gasteiger partial charge in [-0.2, -0.15) is 0 Å². The van der Waals surface area contributed by atoms with Gasteiger partial charge in [0.15, 0.2) is 4.34 Å². The normalized spacial score (nSPS) is 10.6. The van der Waals surface area contributed by atoms with Crippen LogP contribution >= 0.6 is 23.1 Å². The van der Waals surface area contributed by atoms with E-state index in [1.54, 1.807) is 0 Å². The maximum atomic E-state index is 12.1. The lowest BCUT2D eigenvalue weighted by Crippen LogP contribution is -2.14. The first kappa shape index (κ1) is 18.8. The Morgan fingerprint density at radius 2 is 2.11 bits per heavy atom. The molecule has 1 aromatic carbocycles. The van der Waals surface area contributed by atoms with E-state index in [1.165, 1.54) is 53.4 Å². The van der Waals surface area contributed by atoms with Crippen LogP contribution in [0.3, 0.4) is 0 Å². The molecule has 10 heteroatoms. The topological polar surface area (TPSA) is 113 Å². The number of non-ortho nitro benzene ring substituents is 1. The summed E-state index contributed by atoms with van der Waals surface area (Å²) in [5, 5.41) is 12.6. The number of hydrogen-bond donors (Lipinski definition) is 0. The Kier molecular flexibility index (Phi) is 5.67. The minimum atomic E-state index is -0.808. The van der Waals surface area contributed by atoms with Gasteiger partial charge >= 0.3 is 5.97 Å². The number of benzene rings is 1. The van der Waals surface area contributed by atoms with E-state index in [2.05, 4.69) is 4.98 Å². The van der Waals surface area contributed by atoms with Gasteiger partial charge in [-0.1, -0.05) is 11.8 Å². The molecule has 138 valence electrons. The van der Waals surface area contributed by atoms with Crippen LogP contribution in [0, 0.1) is 17.0 Å². The fourth-order valence-electron chi connectivity index (χ4n) is 2.00. The van der Waals surface area contributed by atoms with Crippen LogP contribution in [0.15, 0.2) is 55.5 Å². The fraction of sp³-hybridized carbons (Fsp3) is 0.118. The average Bonchev–Trinajstić information content (AvgIpc) is 3.07. The second-order valence-corrected chi connectivity index (χ2v) is 7.39. The third-order valence-electron chi connectivity index (χ3n) is 3.30. The number of ether oxygens (including phenoxy) is 1. The number of nitro benzene ring substituents is 1. The van der Waals surface area contributed by atoms with Gasteiger partial charge in [-0.15, -0.1) is 11.3 Å². The second kappa shape index (κ2) is 8.14. The van der Waals surface area contributed by atoms with E-state index >= 15 is 0 Å². The first-order valence-corrected chi connectivity index (χ1v) is 9.42. The molecule has 0 amide bonds. The number of nitrogens with zero attached hydrogens (tertiary/aromatic N) is 2. The van der Waals surface area contributed by atoms with Crippen molar-refractivity contribution in [2.24, 2.45) is 0 Å². The van der Waals surface area contributed by atoms with Crippen molar-refractivity contribution in [1.29, 1.82) is 0 Å².